The third kappa shape index (κ3) is 4.40. The minimum Gasteiger partial charge on any atom is -0.493 e. The summed E-state index contributed by atoms with van der Waals surface area (Å²) < 4.78 is 45.2. The maximum absolute atomic E-state index is 12.6. The predicted molar refractivity (Wildman–Crippen MR) is 99.6 cm³/mol. The zero-order valence-corrected chi connectivity index (χ0v) is 15.6. The van der Waals surface area contributed by atoms with Crippen molar-refractivity contribution in [3.05, 3.63) is 53.9 Å². The van der Waals surface area contributed by atoms with Gasteiger partial charge in [-0.05, 0) is 23.8 Å². The Labute approximate surface area is 164 Å². The van der Waals surface area contributed by atoms with Gasteiger partial charge in [-0.3, -0.25) is 0 Å². The SMILES string of the molecule is COc1cc(/C=C(\Cl)c2nc(-c3ccccc3)no2)cc(OC)c1OC(F)F. The molecule has 3 aromatic rings. The lowest BCUT2D eigenvalue weighted by atomic mass is 10.1. The molecule has 0 fully saturated rings. The quantitative estimate of drug-likeness (QED) is 0.542. The van der Waals surface area contributed by atoms with E-state index in [1.807, 2.05) is 30.3 Å². The van der Waals surface area contributed by atoms with Crippen molar-refractivity contribution in [1.29, 1.82) is 0 Å². The maximum Gasteiger partial charge on any atom is 0.387 e. The largest absolute Gasteiger partial charge is 0.493 e. The van der Waals surface area contributed by atoms with E-state index >= 15 is 0 Å². The molecule has 0 amide bonds. The Balaban J connectivity index is 1.93. The Morgan fingerprint density at radius 3 is 2.32 bits per heavy atom. The Bertz CT molecular complexity index is 952. The first-order chi connectivity index (χ1) is 13.5. The van der Waals surface area contributed by atoms with E-state index in [1.165, 1.54) is 32.4 Å². The van der Waals surface area contributed by atoms with Crippen molar-refractivity contribution in [3.8, 4) is 28.6 Å². The lowest BCUT2D eigenvalue weighted by molar-refractivity contribution is -0.0526. The first kappa shape index (κ1) is 19.6. The van der Waals surface area contributed by atoms with Gasteiger partial charge in [0.15, 0.2) is 11.5 Å². The van der Waals surface area contributed by atoms with Crippen LogP contribution in [0.2, 0.25) is 0 Å². The van der Waals surface area contributed by atoms with Gasteiger partial charge >= 0.3 is 6.61 Å². The molecule has 0 radical (unpaired) electrons. The fourth-order valence-electron chi connectivity index (χ4n) is 2.42. The van der Waals surface area contributed by atoms with Crippen LogP contribution >= 0.6 is 11.6 Å². The molecular weight excluding hydrogens is 394 g/mol. The molecule has 1 aromatic heterocycles. The van der Waals surface area contributed by atoms with Gasteiger partial charge in [-0.15, -0.1) is 0 Å². The molecule has 1 heterocycles. The van der Waals surface area contributed by atoms with Crippen LogP contribution in [0, 0.1) is 0 Å². The number of halogens is 3. The molecule has 6 nitrogen and oxygen atoms in total. The third-order valence-corrected chi connectivity index (χ3v) is 3.92. The van der Waals surface area contributed by atoms with Crippen LogP contribution in [0.25, 0.3) is 22.5 Å². The second kappa shape index (κ2) is 8.71. The molecule has 0 saturated carbocycles. The zero-order chi connectivity index (χ0) is 20.1. The van der Waals surface area contributed by atoms with E-state index in [1.54, 1.807) is 0 Å². The first-order valence-corrected chi connectivity index (χ1v) is 8.37. The van der Waals surface area contributed by atoms with Crippen molar-refractivity contribution >= 4 is 22.7 Å². The number of alkyl halides is 2. The fraction of sp³-hybridized carbons (Fsp3) is 0.158. The molecular formula is C19H15ClF2N2O4. The predicted octanol–water partition coefficient (Wildman–Crippen LogP) is 5.09. The third-order valence-electron chi connectivity index (χ3n) is 3.65. The van der Waals surface area contributed by atoms with E-state index in [9.17, 15) is 8.78 Å². The molecule has 28 heavy (non-hydrogen) atoms. The smallest absolute Gasteiger partial charge is 0.387 e. The summed E-state index contributed by atoms with van der Waals surface area (Å²) in [7, 11) is 2.65. The molecule has 0 atom stereocenters. The number of aromatic nitrogens is 2. The summed E-state index contributed by atoms with van der Waals surface area (Å²) in [6, 6.07) is 12.2. The van der Waals surface area contributed by atoms with Crippen molar-refractivity contribution in [3.63, 3.8) is 0 Å². The molecule has 0 bridgehead atoms. The molecule has 9 heteroatoms. The van der Waals surface area contributed by atoms with Gasteiger partial charge in [-0.1, -0.05) is 47.1 Å². The van der Waals surface area contributed by atoms with E-state index in [0.29, 0.717) is 11.4 Å². The summed E-state index contributed by atoms with van der Waals surface area (Å²) in [6.07, 6.45) is 1.51. The standard InChI is InChI=1S/C19H15ClF2N2O4/c1-25-14-9-11(10-15(26-2)16(14)27-19(21)22)8-13(20)18-23-17(24-28-18)12-6-4-3-5-7-12/h3-10,19H,1-2H3/b13-8-. The molecule has 0 N–H and O–H groups in total. The van der Waals surface area contributed by atoms with Crippen LogP contribution in [0.1, 0.15) is 11.5 Å². The molecule has 2 aromatic carbocycles. The van der Waals surface area contributed by atoms with Crippen molar-refractivity contribution in [2.45, 2.75) is 6.61 Å². The van der Waals surface area contributed by atoms with Crippen molar-refractivity contribution in [2.24, 2.45) is 0 Å². The summed E-state index contributed by atoms with van der Waals surface area (Å²) in [5.74, 6) is 0.401. The lowest BCUT2D eigenvalue weighted by Gasteiger charge is -2.14. The molecule has 0 aliphatic heterocycles. The summed E-state index contributed by atoms with van der Waals surface area (Å²) in [5, 5.41) is 4.05. The monoisotopic (exact) mass is 408 g/mol. The van der Waals surface area contributed by atoms with Crippen LogP contribution in [0.15, 0.2) is 47.0 Å². The normalized spacial score (nSPS) is 11.6. The van der Waals surface area contributed by atoms with Gasteiger partial charge in [-0.25, -0.2) is 0 Å². The fourth-order valence-corrected chi connectivity index (χ4v) is 2.62. The first-order valence-electron chi connectivity index (χ1n) is 7.99. The summed E-state index contributed by atoms with van der Waals surface area (Å²) >= 11 is 6.29. The average molecular weight is 409 g/mol. The highest BCUT2D eigenvalue weighted by Gasteiger charge is 2.18. The van der Waals surface area contributed by atoms with Crippen LogP contribution in [0.3, 0.4) is 0 Å². The Kier molecular flexibility index (Phi) is 6.10. The van der Waals surface area contributed by atoms with Crippen molar-refractivity contribution in [1.82, 2.24) is 10.1 Å². The highest BCUT2D eigenvalue weighted by atomic mass is 35.5. The van der Waals surface area contributed by atoms with Gasteiger partial charge in [0.1, 0.15) is 5.03 Å². The minimum absolute atomic E-state index is 0.0610. The summed E-state index contributed by atoms with van der Waals surface area (Å²) in [5.41, 5.74) is 1.28. The Morgan fingerprint density at radius 2 is 1.75 bits per heavy atom. The number of ether oxygens (including phenoxy) is 3. The second-order valence-electron chi connectivity index (χ2n) is 5.41. The van der Waals surface area contributed by atoms with Crippen molar-refractivity contribution in [2.75, 3.05) is 14.2 Å². The zero-order valence-electron chi connectivity index (χ0n) is 14.9. The molecule has 0 unspecified atom stereocenters. The molecule has 0 aliphatic carbocycles. The maximum atomic E-state index is 12.6. The lowest BCUT2D eigenvalue weighted by Crippen LogP contribution is -2.05. The average Bonchev–Trinajstić information content (AvgIpc) is 3.19. The Morgan fingerprint density at radius 1 is 1.11 bits per heavy atom. The number of nitrogens with zero attached hydrogens (tertiary/aromatic N) is 2. The van der Waals surface area contributed by atoms with Gasteiger partial charge in [0.2, 0.25) is 11.6 Å². The Hall–Kier alpha value is -3.13. The van der Waals surface area contributed by atoms with E-state index in [4.69, 9.17) is 25.6 Å². The van der Waals surface area contributed by atoms with Crippen LogP contribution in [-0.2, 0) is 0 Å². The molecule has 0 spiro atoms. The van der Waals surface area contributed by atoms with Crippen LogP contribution in [0.4, 0.5) is 8.78 Å². The van der Waals surface area contributed by atoms with Gasteiger partial charge in [0.25, 0.3) is 5.89 Å². The van der Waals surface area contributed by atoms with Crippen LogP contribution in [0.5, 0.6) is 17.2 Å². The van der Waals surface area contributed by atoms with Gasteiger partial charge in [0.05, 0.1) is 14.2 Å². The van der Waals surface area contributed by atoms with E-state index in [0.717, 1.165) is 5.56 Å². The molecule has 146 valence electrons. The van der Waals surface area contributed by atoms with Crippen LogP contribution < -0.4 is 14.2 Å². The van der Waals surface area contributed by atoms with E-state index in [-0.39, 0.29) is 28.2 Å². The highest BCUT2D eigenvalue weighted by Crippen LogP contribution is 2.40. The number of benzene rings is 2. The van der Waals surface area contributed by atoms with Crippen molar-refractivity contribution < 1.29 is 27.5 Å². The summed E-state index contributed by atoms with van der Waals surface area (Å²) in [4.78, 5) is 4.25. The molecule has 3 rings (SSSR count). The van der Waals surface area contributed by atoms with E-state index in [2.05, 4.69) is 14.9 Å². The molecule has 0 aliphatic rings. The number of hydrogen-bond acceptors (Lipinski definition) is 6. The van der Waals surface area contributed by atoms with Gasteiger partial charge in [0, 0.05) is 5.56 Å². The molecule has 0 saturated heterocycles. The summed E-state index contributed by atoms with van der Waals surface area (Å²) in [6.45, 7) is -3.03. The topological polar surface area (TPSA) is 66.6 Å². The number of hydrogen-bond donors (Lipinski definition) is 0. The van der Waals surface area contributed by atoms with Gasteiger partial charge in [-0.2, -0.15) is 13.8 Å². The second-order valence-corrected chi connectivity index (χ2v) is 5.82. The number of rotatable bonds is 7. The highest BCUT2D eigenvalue weighted by molar-refractivity contribution is 6.50. The van der Waals surface area contributed by atoms with E-state index < -0.39 is 6.61 Å². The minimum atomic E-state index is -3.03. The number of methoxy groups -OCH3 is 2. The van der Waals surface area contributed by atoms with Gasteiger partial charge < -0.3 is 18.7 Å². The van der Waals surface area contributed by atoms with Crippen LogP contribution in [-0.4, -0.2) is 31.0 Å².